The summed E-state index contributed by atoms with van der Waals surface area (Å²) in [6.45, 7) is 3.21. The van der Waals surface area contributed by atoms with Gasteiger partial charge in [0.1, 0.15) is 0 Å². The number of ether oxygens (including phenoxy) is 1. The third-order valence-electron chi connectivity index (χ3n) is 2.73. The van der Waals surface area contributed by atoms with Gasteiger partial charge in [0.15, 0.2) is 0 Å². The monoisotopic (exact) mass is 226 g/mol. The van der Waals surface area contributed by atoms with Gasteiger partial charge in [-0.3, -0.25) is 4.57 Å². The van der Waals surface area contributed by atoms with Crippen LogP contribution in [0.15, 0.2) is 6.33 Å². The molecule has 1 N–H and O–H groups in total. The van der Waals surface area contributed by atoms with Gasteiger partial charge in [-0.15, -0.1) is 0 Å². The van der Waals surface area contributed by atoms with Gasteiger partial charge in [0.2, 0.25) is 12.1 Å². The van der Waals surface area contributed by atoms with Crippen LogP contribution in [0.4, 0.5) is 11.6 Å². The van der Waals surface area contributed by atoms with E-state index < -0.39 is 4.92 Å². The van der Waals surface area contributed by atoms with Crippen molar-refractivity contribution in [2.24, 2.45) is 7.05 Å². The molecule has 1 aliphatic rings. The van der Waals surface area contributed by atoms with Crippen LogP contribution in [0.1, 0.15) is 13.3 Å². The van der Waals surface area contributed by atoms with Gasteiger partial charge in [0, 0.05) is 13.7 Å². The van der Waals surface area contributed by atoms with Gasteiger partial charge in [-0.05, 0) is 23.3 Å². The van der Waals surface area contributed by atoms with E-state index in [-0.39, 0.29) is 11.4 Å². The molecule has 1 aliphatic heterocycles. The molecule has 2 rings (SSSR count). The quantitative estimate of drug-likeness (QED) is 0.612. The number of hydrogen-bond donors (Lipinski definition) is 1. The van der Waals surface area contributed by atoms with Crippen molar-refractivity contribution in [1.82, 2.24) is 9.55 Å². The molecule has 7 nitrogen and oxygen atoms in total. The lowest BCUT2D eigenvalue weighted by Gasteiger charge is -2.24. The van der Waals surface area contributed by atoms with Crippen LogP contribution in [0.3, 0.4) is 0 Å². The highest BCUT2D eigenvalue weighted by Crippen LogP contribution is 2.28. The molecule has 2 heterocycles. The SMILES string of the molecule is Cn1cnc([N+](=O)[O-])c1NC1(C)CCOC1. The lowest BCUT2D eigenvalue weighted by Crippen LogP contribution is -2.35. The first kappa shape index (κ1) is 10.9. The van der Waals surface area contributed by atoms with Crippen molar-refractivity contribution in [3.63, 3.8) is 0 Å². The van der Waals surface area contributed by atoms with E-state index in [2.05, 4.69) is 10.3 Å². The number of anilines is 1. The Bertz CT molecular complexity index is 409. The van der Waals surface area contributed by atoms with Gasteiger partial charge in [-0.1, -0.05) is 0 Å². The van der Waals surface area contributed by atoms with E-state index in [0.29, 0.717) is 19.0 Å². The summed E-state index contributed by atoms with van der Waals surface area (Å²) in [5, 5.41) is 13.9. The molecule has 1 saturated heterocycles. The number of rotatable bonds is 3. The van der Waals surface area contributed by atoms with Crippen LogP contribution in [0.5, 0.6) is 0 Å². The molecule has 1 fully saturated rings. The highest BCUT2D eigenvalue weighted by molar-refractivity contribution is 5.53. The minimum Gasteiger partial charge on any atom is -0.379 e. The summed E-state index contributed by atoms with van der Waals surface area (Å²) in [6.07, 6.45) is 2.26. The van der Waals surface area contributed by atoms with Crippen molar-refractivity contribution >= 4 is 11.6 Å². The Morgan fingerprint density at radius 3 is 3.06 bits per heavy atom. The Balaban J connectivity index is 2.26. The molecule has 0 saturated carbocycles. The summed E-state index contributed by atoms with van der Waals surface area (Å²) in [4.78, 5) is 14.0. The van der Waals surface area contributed by atoms with Crippen molar-refractivity contribution in [2.75, 3.05) is 18.5 Å². The smallest absolute Gasteiger partial charge is 0.379 e. The molecule has 0 bridgehead atoms. The largest absolute Gasteiger partial charge is 0.406 e. The van der Waals surface area contributed by atoms with Crippen LogP contribution < -0.4 is 5.32 Å². The molecule has 0 amide bonds. The van der Waals surface area contributed by atoms with Crippen molar-refractivity contribution in [1.29, 1.82) is 0 Å². The second-order valence-corrected chi connectivity index (χ2v) is 4.27. The number of imidazole rings is 1. The predicted molar refractivity (Wildman–Crippen MR) is 57.3 cm³/mol. The van der Waals surface area contributed by atoms with Gasteiger partial charge >= 0.3 is 5.82 Å². The number of aromatic nitrogens is 2. The lowest BCUT2D eigenvalue weighted by molar-refractivity contribution is -0.388. The molecule has 1 aromatic heterocycles. The topological polar surface area (TPSA) is 82.2 Å². The Morgan fingerprint density at radius 1 is 1.75 bits per heavy atom. The number of nitrogens with one attached hydrogen (secondary N) is 1. The van der Waals surface area contributed by atoms with E-state index in [9.17, 15) is 10.1 Å². The fourth-order valence-electron chi connectivity index (χ4n) is 1.75. The van der Waals surface area contributed by atoms with E-state index in [1.54, 1.807) is 11.6 Å². The first-order chi connectivity index (χ1) is 7.52. The van der Waals surface area contributed by atoms with E-state index >= 15 is 0 Å². The molecular formula is C9H14N4O3. The fourth-order valence-corrected chi connectivity index (χ4v) is 1.75. The minimum atomic E-state index is -0.485. The number of nitro groups is 1. The molecule has 1 atom stereocenters. The highest BCUT2D eigenvalue weighted by Gasteiger charge is 2.33. The fraction of sp³-hybridized carbons (Fsp3) is 0.667. The van der Waals surface area contributed by atoms with Crippen LogP contribution in [0, 0.1) is 10.1 Å². The maximum Gasteiger partial charge on any atom is 0.406 e. The second kappa shape index (κ2) is 3.75. The zero-order chi connectivity index (χ0) is 11.8. The lowest BCUT2D eigenvalue weighted by atomic mass is 10.0. The maximum atomic E-state index is 10.8. The molecule has 0 aromatic carbocycles. The average molecular weight is 226 g/mol. The van der Waals surface area contributed by atoms with Gasteiger partial charge in [-0.25, -0.2) is 0 Å². The van der Waals surface area contributed by atoms with E-state index in [0.717, 1.165) is 6.42 Å². The van der Waals surface area contributed by atoms with Crippen LogP contribution in [-0.4, -0.2) is 33.2 Å². The first-order valence-electron chi connectivity index (χ1n) is 5.03. The normalized spacial score (nSPS) is 24.6. The standard InChI is InChI=1S/C9H14N4O3/c1-9(3-4-16-5-9)11-8-7(13(14)15)10-6-12(8)2/h6,11H,3-5H2,1-2H3. The third kappa shape index (κ3) is 1.85. The van der Waals surface area contributed by atoms with Gasteiger partial charge < -0.3 is 20.2 Å². The third-order valence-corrected chi connectivity index (χ3v) is 2.73. The molecule has 7 heteroatoms. The first-order valence-corrected chi connectivity index (χ1v) is 5.03. The molecule has 88 valence electrons. The Hall–Kier alpha value is -1.63. The Kier molecular flexibility index (Phi) is 2.55. The zero-order valence-electron chi connectivity index (χ0n) is 9.27. The van der Waals surface area contributed by atoms with Crippen molar-refractivity contribution < 1.29 is 9.66 Å². The Morgan fingerprint density at radius 2 is 2.50 bits per heavy atom. The number of nitrogens with zero attached hydrogens (tertiary/aromatic N) is 3. The minimum absolute atomic E-state index is 0.143. The predicted octanol–water partition coefficient (Wildman–Crippen LogP) is 0.919. The summed E-state index contributed by atoms with van der Waals surface area (Å²) in [5.41, 5.74) is -0.251. The molecule has 0 spiro atoms. The number of aryl methyl sites for hydroxylation is 1. The molecule has 1 unspecified atom stereocenters. The van der Waals surface area contributed by atoms with E-state index in [1.807, 2.05) is 6.92 Å². The van der Waals surface area contributed by atoms with Gasteiger partial charge in [0.25, 0.3) is 0 Å². The summed E-state index contributed by atoms with van der Waals surface area (Å²) in [5.74, 6) is 0.286. The van der Waals surface area contributed by atoms with Gasteiger partial charge in [-0.2, -0.15) is 0 Å². The molecule has 0 radical (unpaired) electrons. The number of hydrogen-bond acceptors (Lipinski definition) is 5. The summed E-state index contributed by atoms with van der Waals surface area (Å²) in [6, 6.07) is 0. The van der Waals surface area contributed by atoms with Crippen LogP contribution in [0.2, 0.25) is 0 Å². The van der Waals surface area contributed by atoms with Crippen LogP contribution >= 0.6 is 0 Å². The zero-order valence-corrected chi connectivity index (χ0v) is 9.27. The van der Waals surface area contributed by atoms with Crippen molar-refractivity contribution in [2.45, 2.75) is 18.9 Å². The molecule has 16 heavy (non-hydrogen) atoms. The summed E-state index contributed by atoms with van der Waals surface area (Å²) >= 11 is 0. The molecular weight excluding hydrogens is 212 g/mol. The van der Waals surface area contributed by atoms with Gasteiger partial charge in [0.05, 0.1) is 12.1 Å². The summed E-state index contributed by atoms with van der Waals surface area (Å²) in [7, 11) is 1.72. The average Bonchev–Trinajstić information content (AvgIpc) is 2.76. The Labute approximate surface area is 92.6 Å². The highest BCUT2D eigenvalue weighted by atomic mass is 16.6. The van der Waals surface area contributed by atoms with Crippen molar-refractivity contribution in [3.8, 4) is 0 Å². The van der Waals surface area contributed by atoms with Crippen LogP contribution in [-0.2, 0) is 11.8 Å². The molecule has 0 aliphatic carbocycles. The molecule has 1 aromatic rings. The second-order valence-electron chi connectivity index (χ2n) is 4.27. The summed E-state index contributed by atoms with van der Waals surface area (Å²) < 4.78 is 6.90. The van der Waals surface area contributed by atoms with Crippen LogP contribution in [0.25, 0.3) is 0 Å². The van der Waals surface area contributed by atoms with E-state index in [4.69, 9.17) is 4.74 Å². The van der Waals surface area contributed by atoms with Crippen molar-refractivity contribution in [3.05, 3.63) is 16.4 Å². The maximum absolute atomic E-state index is 10.8. The van der Waals surface area contributed by atoms with E-state index in [1.165, 1.54) is 6.33 Å².